The van der Waals surface area contributed by atoms with Gasteiger partial charge in [0.25, 0.3) is 0 Å². The first-order valence-corrected chi connectivity index (χ1v) is 11.1. The molecule has 1 aromatic carbocycles. The zero-order chi connectivity index (χ0) is 24.3. The van der Waals surface area contributed by atoms with Gasteiger partial charge in [-0.05, 0) is 37.3 Å². The van der Waals surface area contributed by atoms with Crippen LogP contribution in [-0.4, -0.2) is 48.6 Å². The number of hydrogen-bond acceptors (Lipinski definition) is 7. The Morgan fingerprint density at radius 2 is 2.14 bits per heavy atom. The van der Waals surface area contributed by atoms with Crippen LogP contribution in [0.5, 0.6) is 0 Å². The maximum absolute atomic E-state index is 14.7. The summed E-state index contributed by atoms with van der Waals surface area (Å²) < 4.78 is 36.1. The molecule has 0 bridgehead atoms. The van der Waals surface area contributed by atoms with Crippen molar-refractivity contribution in [3.05, 3.63) is 54.1 Å². The Morgan fingerprint density at radius 1 is 1.31 bits per heavy atom. The third-order valence-corrected chi connectivity index (χ3v) is 6.38. The van der Waals surface area contributed by atoms with E-state index in [1.54, 1.807) is 9.58 Å². The van der Waals surface area contributed by atoms with Crippen molar-refractivity contribution < 1.29 is 18.0 Å². The Labute approximate surface area is 197 Å². The number of likely N-dealkylation sites (tertiary alicyclic amines) is 1. The fourth-order valence-corrected chi connectivity index (χ4v) is 4.29. The van der Waals surface area contributed by atoms with Gasteiger partial charge in [-0.2, -0.15) is 5.10 Å². The first-order chi connectivity index (χ1) is 16.9. The Morgan fingerprint density at radius 3 is 2.91 bits per heavy atom. The van der Waals surface area contributed by atoms with E-state index in [9.17, 15) is 13.6 Å². The summed E-state index contributed by atoms with van der Waals surface area (Å²) in [4.78, 5) is 26.2. The minimum atomic E-state index is -1.56. The van der Waals surface area contributed by atoms with E-state index in [2.05, 4.69) is 38.5 Å². The second-order valence-corrected chi connectivity index (χ2v) is 8.72. The highest BCUT2D eigenvalue weighted by Crippen LogP contribution is 2.49. The van der Waals surface area contributed by atoms with E-state index in [0.29, 0.717) is 48.9 Å². The lowest BCUT2D eigenvalue weighted by Gasteiger charge is -2.14. The molecule has 1 atom stereocenters. The van der Waals surface area contributed by atoms with Crippen molar-refractivity contribution >= 4 is 33.9 Å². The van der Waals surface area contributed by atoms with Crippen LogP contribution < -0.4 is 5.73 Å². The quantitative estimate of drug-likeness (QED) is 0.358. The van der Waals surface area contributed by atoms with Crippen molar-refractivity contribution in [3.8, 4) is 11.8 Å². The molecule has 35 heavy (non-hydrogen) atoms. The van der Waals surface area contributed by atoms with E-state index < -0.39 is 11.5 Å². The summed E-state index contributed by atoms with van der Waals surface area (Å²) in [5.74, 6) is 5.04. The molecule has 0 unspecified atom stereocenters. The van der Waals surface area contributed by atoms with Gasteiger partial charge in [0.1, 0.15) is 29.2 Å². The Bertz CT molecular complexity index is 1590. The summed E-state index contributed by atoms with van der Waals surface area (Å²) in [6.45, 7) is 4.53. The van der Waals surface area contributed by atoms with Crippen LogP contribution in [0.1, 0.15) is 42.5 Å². The molecule has 1 saturated carbocycles. The number of amides is 1. The van der Waals surface area contributed by atoms with E-state index in [1.807, 2.05) is 0 Å². The van der Waals surface area contributed by atoms with Crippen LogP contribution in [-0.2, 0) is 10.5 Å². The maximum atomic E-state index is 14.7. The normalized spacial score (nSPS) is 18.6. The molecule has 4 heterocycles. The second kappa shape index (κ2) is 7.59. The Hall–Kier alpha value is -4.33. The molecule has 2 fully saturated rings. The maximum Gasteiger partial charge on any atom is 0.246 e. The van der Waals surface area contributed by atoms with Crippen LogP contribution in [0.4, 0.5) is 14.6 Å². The summed E-state index contributed by atoms with van der Waals surface area (Å²) in [5.41, 5.74) is 5.86. The van der Waals surface area contributed by atoms with E-state index in [0.717, 1.165) is 6.07 Å². The molecule has 1 amide bonds. The van der Waals surface area contributed by atoms with Crippen molar-refractivity contribution in [2.45, 2.75) is 31.0 Å². The number of rotatable bonds is 3. The number of hydrogen-bond donors (Lipinski definition) is 1. The lowest BCUT2D eigenvalue weighted by Crippen LogP contribution is -2.27. The number of benzene rings is 1. The Kier molecular flexibility index (Phi) is 4.60. The van der Waals surface area contributed by atoms with E-state index in [4.69, 9.17) is 10.2 Å². The number of carbonyl (C=O) groups is 1. The number of nitrogens with two attached hydrogens (primary N) is 1. The number of halogens is 2. The molecule has 1 saturated heterocycles. The fraction of sp³-hybridized carbons (Fsp3) is 0.292. The summed E-state index contributed by atoms with van der Waals surface area (Å²) in [6, 6.07) is 2.44. The number of anilines is 1. The van der Waals surface area contributed by atoms with Crippen molar-refractivity contribution in [1.82, 2.24) is 29.6 Å². The van der Waals surface area contributed by atoms with Crippen LogP contribution in [0.2, 0.25) is 0 Å². The minimum Gasteiger partial charge on any atom is -0.437 e. The van der Waals surface area contributed by atoms with E-state index in [1.165, 1.54) is 18.5 Å². The molecule has 1 aliphatic heterocycles. The summed E-state index contributed by atoms with van der Waals surface area (Å²) >= 11 is 0. The SMILES string of the molecule is C=CC(=O)N1CC[C@H](n2nc(C#Cc3cc4nc(C5(F)CC5)oc4cc3F)c3c(N)ncnc32)C1. The highest BCUT2D eigenvalue weighted by atomic mass is 19.1. The van der Waals surface area contributed by atoms with Gasteiger partial charge in [-0.25, -0.2) is 28.4 Å². The molecule has 9 nitrogen and oxygen atoms in total. The molecular formula is C24H19F2N7O2. The molecule has 176 valence electrons. The zero-order valence-electron chi connectivity index (χ0n) is 18.5. The van der Waals surface area contributed by atoms with Crippen LogP contribution in [0.3, 0.4) is 0 Å². The van der Waals surface area contributed by atoms with E-state index in [-0.39, 0.29) is 40.5 Å². The molecule has 1 aliphatic carbocycles. The Balaban J connectivity index is 1.39. The zero-order valence-corrected chi connectivity index (χ0v) is 18.5. The molecule has 11 heteroatoms. The van der Waals surface area contributed by atoms with Crippen molar-refractivity contribution in [3.63, 3.8) is 0 Å². The first-order valence-electron chi connectivity index (χ1n) is 11.1. The molecular weight excluding hydrogens is 456 g/mol. The second-order valence-electron chi connectivity index (χ2n) is 8.72. The van der Waals surface area contributed by atoms with Gasteiger partial charge in [-0.15, -0.1) is 0 Å². The van der Waals surface area contributed by atoms with Gasteiger partial charge in [0.2, 0.25) is 11.8 Å². The third-order valence-electron chi connectivity index (χ3n) is 6.38. The third kappa shape index (κ3) is 3.49. The molecule has 2 aliphatic rings. The van der Waals surface area contributed by atoms with Gasteiger partial charge in [0.05, 0.1) is 17.0 Å². The number of oxazole rings is 1. The number of carbonyl (C=O) groups excluding carboxylic acids is 1. The highest BCUT2D eigenvalue weighted by Gasteiger charge is 2.49. The topological polar surface area (TPSA) is 116 Å². The molecule has 0 spiro atoms. The summed E-state index contributed by atoms with van der Waals surface area (Å²) in [7, 11) is 0. The smallest absolute Gasteiger partial charge is 0.246 e. The number of nitrogens with zero attached hydrogens (tertiary/aromatic N) is 6. The molecule has 3 aromatic heterocycles. The first kappa shape index (κ1) is 21.2. The summed E-state index contributed by atoms with van der Waals surface area (Å²) in [5, 5.41) is 5.04. The van der Waals surface area contributed by atoms with Crippen molar-refractivity contribution in [2.24, 2.45) is 0 Å². The van der Waals surface area contributed by atoms with Crippen LogP contribution in [0.25, 0.3) is 22.1 Å². The highest BCUT2D eigenvalue weighted by molar-refractivity contribution is 5.91. The monoisotopic (exact) mass is 475 g/mol. The van der Waals surface area contributed by atoms with Gasteiger partial charge < -0.3 is 15.1 Å². The van der Waals surface area contributed by atoms with Crippen LogP contribution in [0.15, 0.2) is 35.5 Å². The lowest BCUT2D eigenvalue weighted by atomic mass is 10.2. The number of alkyl halides is 1. The van der Waals surface area contributed by atoms with Crippen LogP contribution >= 0.6 is 0 Å². The average Bonchev–Trinajstić information content (AvgIpc) is 3.22. The summed E-state index contributed by atoms with van der Waals surface area (Å²) in [6.07, 6.45) is 3.97. The number of aromatic nitrogens is 5. The predicted molar refractivity (Wildman–Crippen MR) is 122 cm³/mol. The average molecular weight is 475 g/mol. The molecule has 6 rings (SSSR count). The van der Waals surface area contributed by atoms with Gasteiger partial charge in [0, 0.05) is 19.2 Å². The van der Waals surface area contributed by atoms with E-state index >= 15 is 0 Å². The van der Waals surface area contributed by atoms with Crippen molar-refractivity contribution in [2.75, 3.05) is 18.8 Å². The van der Waals surface area contributed by atoms with Crippen LogP contribution in [0, 0.1) is 17.7 Å². The molecule has 2 N–H and O–H groups in total. The van der Waals surface area contributed by atoms with Crippen molar-refractivity contribution in [1.29, 1.82) is 0 Å². The number of fused-ring (bicyclic) bond motifs is 2. The standard InChI is InChI=1S/C24H19F2N7O2/c1-2-19(34)32-8-5-14(11-32)33-22-20(21(27)28-12-29-22)16(31-33)4-3-13-9-17-18(10-15(13)25)35-23(30-17)24(26)6-7-24/h2,9-10,12,14H,1,5-8,11H2,(H2,27,28,29)/t14-/m0/s1. The molecule has 4 aromatic rings. The van der Waals surface area contributed by atoms with Gasteiger partial charge in [0.15, 0.2) is 16.9 Å². The fourth-order valence-electron chi connectivity index (χ4n) is 4.29. The minimum absolute atomic E-state index is 0.0350. The predicted octanol–water partition coefficient (Wildman–Crippen LogP) is 3.01. The number of nitrogen functional groups attached to an aromatic ring is 1. The molecule has 0 radical (unpaired) electrons. The van der Waals surface area contributed by atoms with Gasteiger partial charge in [-0.1, -0.05) is 12.5 Å². The van der Waals surface area contributed by atoms with Gasteiger partial charge in [-0.3, -0.25) is 4.79 Å². The largest absolute Gasteiger partial charge is 0.437 e. The van der Waals surface area contributed by atoms with Gasteiger partial charge >= 0.3 is 0 Å². The lowest BCUT2D eigenvalue weighted by molar-refractivity contribution is -0.125.